The molecule has 0 amide bonds. The molecule has 7 aromatic carbocycles. The molecule has 0 bridgehead atoms. The molecule has 0 radical (unpaired) electrons. The van der Waals surface area contributed by atoms with Gasteiger partial charge in [0.25, 0.3) is 0 Å². The van der Waals surface area contributed by atoms with E-state index in [-0.39, 0.29) is 48.1 Å². The Labute approximate surface area is 456 Å². The van der Waals surface area contributed by atoms with Crippen molar-refractivity contribution < 1.29 is 25.8 Å². The van der Waals surface area contributed by atoms with E-state index in [9.17, 15) is 0 Å². The molecule has 9 rings (SSSR count). The summed E-state index contributed by atoms with van der Waals surface area (Å²) in [6.07, 6.45) is 1.92. The van der Waals surface area contributed by atoms with E-state index in [1.54, 1.807) is 0 Å². The van der Waals surface area contributed by atoms with Crippen LogP contribution in [-0.2, 0) is 48.1 Å². The molecule has 2 aromatic heterocycles. The van der Waals surface area contributed by atoms with Crippen molar-refractivity contribution in [2.75, 3.05) is 10.2 Å². The molecule has 0 fully saturated rings. The van der Waals surface area contributed by atoms with Crippen molar-refractivity contribution in [2.24, 2.45) is 0 Å². The van der Waals surface area contributed by atoms with Gasteiger partial charge in [0.15, 0.2) is 0 Å². The third-order valence-corrected chi connectivity index (χ3v) is 14.1. The summed E-state index contributed by atoms with van der Waals surface area (Å²) in [4.78, 5) is 6.95. The zero-order valence-electron chi connectivity index (χ0n) is 46.2. The van der Waals surface area contributed by atoms with Crippen LogP contribution in [0.2, 0.25) is 0 Å². The molecule has 384 valence electrons. The molecule has 9 aromatic rings. The molecule has 74 heavy (non-hydrogen) atoms. The summed E-state index contributed by atoms with van der Waals surface area (Å²) in [6.45, 7) is 34.0. The second kappa shape index (κ2) is 20.0. The largest absolute Gasteiger partial charge is 0.516 e. The minimum absolute atomic E-state index is 0. The molecule has 0 unspecified atom stereocenters. The monoisotopic (exact) mass is 1160 g/mol. The summed E-state index contributed by atoms with van der Waals surface area (Å²) in [5.74, 6) is 1.97. The first-order chi connectivity index (χ1) is 34.2. The fourth-order valence-corrected chi connectivity index (χ4v) is 9.38. The van der Waals surface area contributed by atoms with Crippen molar-refractivity contribution in [3.63, 3.8) is 0 Å². The van der Waals surface area contributed by atoms with E-state index in [1.165, 1.54) is 50.1 Å². The number of nitrogens with zero attached hydrogens (tertiary/aromatic N) is 3. The molecule has 0 aliphatic heterocycles. The SMILES string of the molecule is [CH2-]N(c1[c-]c(Oc2[c-]c3c(cc2)c2cc(-c4cc(C(C)(C)C)cc(C(C)(C)C)c4)ccc2n3-c2cc(C(C)(C)C)ccn2)ccc1)c1cc(C(C)(C)C)ccc1Nc1cc(-c2ccccc2)cc(C(C)(C)C)c1.[Pt]. The Bertz CT molecular complexity index is 3460. The average molecular weight is 1160 g/mol. The van der Waals surface area contributed by atoms with Crippen molar-refractivity contribution in [1.82, 2.24) is 9.55 Å². The molecule has 2 heterocycles. The summed E-state index contributed by atoms with van der Waals surface area (Å²) in [7, 11) is 4.66. The Hall–Kier alpha value is -6.42. The van der Waals surface area contributed by atoms with Crippen LogP contribution >= 0.6 is 0 Å². The molecule has 0 saturated carbocycles. The summed E-state index contributed by atoms with van der Waals surface area (Å²) >= 11 is 0. The molecular formula is C68H73N4OPt-3. The van der Waals surface area contributed by atoms with Gasteiger partial charge in [0.1, 0.15) is 5.82 Å². The van der Waals surface area contributed by atoms with Gasteiger partial charge < -0.3 is 19.5 Å². The van der Waals surface area contributed by atoms with Crippen LogP contribution in [0.1, 0.15) is 132 Å². The van der Waals surface area contributed by atoms with Gasteiger partial charge in [-0.25, -0.2) is 4.98 Å². The number of hydrogen-bond donors (Lipinski definition) is 1. The average Bonchev–Trinajstić information content (AvgIpc) is 3.65. The number of anilines is 4. The van der Waals surface area contributed by atoms with Crippen LogP contribution in [0.15, 0.2) is 152 Å². The van der Waals surface area contributed by atoms with Gasteiger partial charge in [-0.05, 0) is 125 Å². The first-order valence-electron chi connectivity index (χ1n) is 25.8. The summed E-state index contributed by atoms with van der Waals surface area (Å²) in [5, 5.41) is 6.02. The fourth-order valence-electron chi connectivity index (χ4n) is 9.38. The molecule has 0 saturated heterocycles. The van der Waals surface area contributed by atoms with Gasteiger partial charge in [-0.15, -0.1) is 41.4 Å². The first-order valence-corrected chi connectivity index (χ1v) is 25.8. The molecule has 5 nitrogen and oxygen atoms in total. The summed E-state index contributed by atoms with van der Waals surface area (Å²) in [5.41, 5.74) is 16.4. The second-order valence-electron chi connectivity index (χ2n) is 25.1. The minimum atomic E-state index is -0.0926. The van der Waals surface area contributed by atoms with E-state index in [1.807, 2.05) is 35.4 Å². The fraction of sp³-hybridized carbons (Fsp3) is 0.294. The second-order valence-corrected chi connectivity index (χ2v) is 25.1. The van der Waals surface area contributed by atoms with Crippen LogP contribution in [0.25, 0.3) is 49.9 Å². The Morgan fingerprint density at radius 2 is 1.08 bits per heavy atom. The zero-order valence-corrected chi connectivity index (χ0v) is 48.5. The Kier molecular flexibility index (Phi) is 14.6. The predicted molar refractivity (Wildman–Crippen MR) is 311 cm³/mol. The topological polar surface area (TPSA) is 42.3 Å². The Morgan fingerprint density at radius 3 is 1.72 bits per heavy atom. The normalized spacial score (nSPS) is 12.5. The molecule has 0 atom stereocenters. The van der Waals surface area contributed by atoms with Crippen molar-refractivity contribution in [3.05, 3.63) is 199 Å². The number of benzene rings is 7. The van der Waals surface area contributed by atoms with Crippen LogP contribution in [0.5, 0.6) is 11.5 Å². The number of ether oxygens (including phenoxy) is 1. The maximum atomic E-state index is 6.75. The van der Waals surface area contributed by atoms with Crippen molar-refractivity contribution in [3.8, 4) is 39.6 Å². The molecule has 6 heteroatoms. The standard InChI is InChI=1S/C68H73N4O.Pt/c1-64(2,3)48-26-29-59(70-53-36-47(44-21-18-17-19-22-44)35-52(39-53)68(13,14)15)62(40-48)71(16)54-23-20-24-55(42-54)73-56-27-28-57-58-37-45(46-33-50(66(7,8)9)38-51(34-46)67(10,11)12)25-30-60(58)72(61(57)43-56)63-41-49(31-32-69-63)65(4,5)6;/h17-41,70H,16H2,1-15H3;/q-3;. The predicted octanol–water partition coefficient (Wildman–Crippen LogP) is 19.1. The van der Waals surface area contributed by atoms with Gasteiger partial charge in [-0.2, -0.15) is 12.1 Å². The van der Waals surface area contributed by atoms with Gasteiger partial charge in [0, 0.05) is 55.7 Å². The number of pyridine rings is 1. The minimum Gasteiger partial charge on any atom is -0.516 e. The Balaban J connectivity index is 0.00000729. The number of fused-ring (bicyclic) bond motifs is 3. The van der Waals surface area contributed by atoms with Gasteiger partial charge in [0.05, 0.1) is 5.69 Å². The van der Waals surface area contributed by atoms with E-state index in [2.05, 4.69) is 254 Å². The Morgan fingerprint density at radius 1 is 0.486 bits per heavy atom. The summed E-state index contributed by atoms with van der Waals surface area (Å²) in [6, 6.07) is 59.7. The van der Waals surface area contributed by atoms with Gasteiger partial charge in [0.2, 0.25) is 0 Å². The quantitative estimate of drug-likeness (QED) is 0.146. The van der Waals surface area contributed by atoms with E-state index in [0.717, 1.165) is 50.4 Å². The number of hydrogen-bond acceptors (Lipinski definition) is 4. The zero-order chi connectivity index (χ0) is 52.4. The number of nitrogens with one attached hydrogen (secondary N) is 1. The van der Waals surface area contributed by atoms with E-state index in [0.29, 0.717) is 11.5 Å². The third kappa shape index (κ3) is 11.4. The van der Waals surface area contributed by atoms with Crippen molar-refractivity contribution >= 4 is 44.6 Å². The molecule has 1 N–H and O–H groups in total. The van der Waals surface area contributed by atoms with Crippen LogP contribution in [-0.4, -0.2) is 9.55 Å². The van der Waals surface area contributed by atoms with Crippen LogP contribution in [0, 0.1) is 19.2 Å². The van der Waals surface area contributed by atoms with Crippen molar-refractivity contribution in [1.29, 1.82) is 0 Å². The maximum absolute atomic E-state index is 6.75. The first kappa shape index (κ1) is 53.9. The van der Waals surface area contributed by atoms with E-state index < -0.39 is 0 Å². The smallest absolute Gasteiger partial charge is 0.135 e. The van der Waals surface area contributed by atoms with Crippen LogP contribution < -0.4 is 15.0 Å². The van der Waals surface area contributed by atoms with Crippen LogP contribution in [0.4, 0.5) is 22.7 Å². The summed E-state index contributed by atoms with van der Waals surface area (Å²) < 4.78 is 8.98. The van der Waals surface area contributed by atoms with Gasteiger partial charge in [-0.1, -0.05) is 182 Å². The number of aromatic nitrogens is 2. The molecule has 0 aliphatic carbocycles. The number of rotatable bonds is 9. The maximum Gasteiger partial charge on any atom is 0.135 e. The molecule has 0 spiro atoms. The van der Waals surface area contributed by atoms with Gasteiger partial charge in [-0.3, -0.25) is 7.05 Å². The van der Waals surface area contributed by atoms with Gasteiger partial charge >= 0.3 is 0 Å². The van der Waals surface area contributed by atoms with E-state index >= 15 is 0 Å². The van der Waals surface area contributed by atoms with Crippen molar-refractivity contribution in [2.45, 2.75) is 131 Å². The molecular weight excluding hydrogens is 1080 g/mol. The third-order valence-electron chi connectivity index (χ3n) is 14.1. The molecule has 0 aliphatic rings. The van der Waals surface area contributed by atoms with Crippen LogP contribution in [0.3, 0.4) is 0 Å². The van der Waals surface area contributed by atoms with E-state index in [4.69, 9.17) is 9.72 Å².